The number of benzene rings is 2. The van der Waals surface area contributed by atoms with Crippen LogP contribution in [0.3, 0.4) is 0 Å². The number of para-hydroxylation sites is 1. The summed E-state index contributed by atoms with van der Waals surface area (Å²) in [6.45, 7) is -0.528. The first kappa shape index (κ1) is 20.4. The lowest BCUT2D eigenvalue weighted by molar-refractivity contribution is -0.139. The maximum Gasteiger partial charge on any atom is 0.341 e. The highest BCUT2D eigenvalue weighted by molar-refractivity contribution is 9.10. The lowest BCUT2D eigenvalue weighted by atomic mass is 10.1. The van der Waals surface area contributed by atoms with Crippen molar-refractivity contribution in [2.75, 3.05) is 18.6 Å². The van der Waals surface area contributed by atoms with Crippen molar-refractivity contribution in [1.29, 1.82) is 0 Å². The van der Waals surface area contributed by atoms with E-state index in [9.17, 15) is 9.59 Å². The SMILES string of the molecule is COc1cccc(C=C2SC(=S)N(c3cccc(Br)c3)C2=O)c1OCC(=O)O. The van der Waals surface area contributed by atoms with Gasteiger partial charge in [-0.2, -0.15) is 0 Å². The Labute approximate surface area is 179 Å². The summed E-state index contributed by atoms with van der Waals surface area (Å²) in [6.07, 6.45) is 1.62. The molecule has 1 N–H and O–H groups in total. The van der Waals surface area contributed by atoms with Crippen LogP contribution in [0.25, 0.3) is 6.08 Å². The van der Waals surface area contributed by atoms with Gasteiger partial charge in [-0.15, -0.1) is 0 Å². The maximum absolute atomic E-state index is 12.9. The fraction of sp³-hybridized carbons (Fsp3) is 0.105. The number of hydrogen-bond acceptors (Lipinski definition) is 6. The Kier molecular flexibility index (Phi) is 6.38. The van der Waals surface area contributed by atoms with E-state index < -0.39 is 12.6 Å². The molecule has 1 saturated heterocycles. The number of thiocarbonyl (C=S) groups is 1. The van der Waals surface area contributed by atoms with Gasteiger partial charge in [-0.25, -0.2) is 4.79 Å². The summed E-state index contributed by atoms with van der Waals surface area (Å²) in [5.74, 6) is -0.754. The van der Waals surface area contributed by atoms with Crippen molar-refractivity contribution >= 4 is 67.9 Å². The molecule has 0 atom stereocenters. The van der Waals surface area contributed by atoms with Crippen LogP contribution in [0, 0.1) is 0 Å². The number of ether oxygens (including phenoxy) is 2. The predicted molar refractivity (Wildman–Crippen MR) is 116 cm³/mol. The molecule has 9 heteroatoms. The number of hydrogen-bond donors (Lipinski definition) is 1. The van der Waals surface area contributed by atoms with Gasteiger partial charge in [0.1, 0.15) is 0 Å². The van der Waals surface area contributed by atoms with E-state index >= 15 is 0 Å². The second-order valence-corrected chi connectivity index (χ2v) is 8.15. The highest BCUT2D eigenvalue weighted by atomic mass is 79.9. The first-order valence-corrected chi connectivity index (χ1v) is 9.97. The number of nitrogens with zero attached hydrogens (tertiary/aromatic N) is 1. The van der Waals surface area contributed by atoms with Crippen LogP contribution in [0.2, 0.25) is 0 Å². The first-order chi connectivity index (χ1) is 13.4. The van der Waals surface area contributed by atoms with Crippen molar-refractivity contribution in [3.63, 3.8) is 0 Å². The fourth-order valence-electron chi connectivity index (χ4n) is 2.54. The molecule has 1 heterocycles. The lowest BCUT2D eigenvalue weighted by Gasteiger charge is -2.14. The van der Waals surface area contributed by atoms with Crippen molar-refractivity contribution in [2.24, 2.45) is 0 Å². The summed E-state index contributed by atoms with van der Waals surface area (Å²) in [5, 5.41) is 8.91. The monoisotopic (exact) mass is 479 g/mol. The van der Waals surface area contributed by atoms with Crippen molar-refractivity contribution < 1.29 is 24.2 Å². The maximum atomic E-state index is 12.9. The highest BCUT2D eigenvalue weighted by Crippen LogP contribution is 2.39. The van der Waals surface area contributed by atoms with Crippen LogP contribution in [0.4, 0.5) is 5.69 Å². The molecular formula is C19H14BrNO5S2. The molecule has 0 aromatic heterocycles. The van der Waals surface area contributed by atoms with Gasteiger partial charge in [0.25, 0.3) is 5.91 Å². The minimum atomic E-state index is -1.11. The van der Waals surface area contributed by atoms with Crippen molar-refractivity contribution in [3.05, 3.63) is 57.4 Å². The zero-order valence-electron chi connectivity index (χ0n) is 14.5. The third-order valence-electron chi connectivity index (χ3n) is 3.72. The number of carbonyl (C=O) groups excluding carboxylic acids is 1. The van der Waals surface area contributed by atoms with Gasteiger partial charge in [-0.3, -0.25) is 9.69 Å². The van der Waals surface area contributed by atoms with Gasteiger partial charge in [0, 0.05) is 10.0 Å². The highest BCUT2D eigenvalue weighted by Gasteiger charge is 2.33. The molecule has 6 nitrogen and oxygen atoms in total. The van der Waals surface area contributed by atoms with Gasteiger partial charge in [-0.1, -0.05) is 58.1 Å². The van der Waals surface area contributed by atoms with Crippen LogP contribution in [0.15, 0.2) is 51.8 Å². The molecule has 2 aromatic carbocycles. The standard InChI is InChI=1S/C19H14BrNO5S2/c1-25-14-7-2-4-11(17(14)26-10-16(22)23)8-15-18(24)21(19(27)28-15)13-6-3-5-12(20)9-13/h2-9H,10H2,1H3,(H,22,23). The zero-order chi connectivity index (χ0) is 20.3. The third-order valence-corrected chi connectivity index (χ3v) is 5.51. The van der Waals surface area contributed by atoms with Crippen molar-refractivity contribution in [1.82, 2.24) is 0 Å². The number of rotatable bonds is 6. The molecular weight excluding hydrogens is 466 g/mol. The van der Waals surface area contributed by atoms with E-state index in [1.165, 1.54) is 12.0 Å². The van der Waals surface area contributed by atoms with E-state index in [2.05, 4.69) is 15.9 Å². The molecule has 3 rings (SSSR count). The van der Waals surface area contributed by atoms with Gasteiger partial charge < -0.3 is 14.6 Å². The van der Waals surface area contributed by atoms with Crippen LogP contribution in [0.5, 0.6) is 11.5 Å². The van der Waals surface area contributed by atoms with E-state index in [0.29, 0.717) is 26.2 Å². The summed E-state index contributed by atoms with van der Waals surface area (Å²) in [5.41, 5.74) is 1.18. The second kappa shape index (κ2) is 8.76. The fourth-order valence-corrected chi connectivity index (χ4v) is 4.22. The number of aliphatic carboxylic acids is 1. The van der Waals surface area contributed by atoms with E-state index in [1.807, 2.05) is 12.1 Å². The molecule has 1 amide bonds. The molecule has 28 heavy (non-hydrogen) atoms. The number of carboxylic acids is 1. The minimum absolute atomic E-state index is 0.250. The van der Waals surface area contributed by atoms with E-state index in [4.69, 9.17) is 26.8 Å². The molecule has 0 aliphatic carbocycles. The van der Waals surface area contributed by atoms with Gasteiger partial charge in [0.2, 0.25) is 0 Å². The molecule has 0 radical (unpaired) electrons. The van der Waals surface area contributed by atoms with E-state index in [0.717, 1.165) is 16.2 Å². The second-order valence-electron chi connectivity index (χ2n) is 5.56. The normalized spacial score (nSPS) is 15.2. The van der Waals surface area contributed by atoms with Crippen LogP contribution in [-0.2, 0) is 9.59 Å². The third kappa shape index (κ3) is 4.37. The number of carbonyl (C=O) groups is 2. The number of carboxylic acid groups (broad SMARTS) is 1. The lowest BCUT2D eigenvalue weighted by Crippen LogP contribution is -2.27. The van der Waals surface area contributed by atoms with E-state index in [-0.39, 0.29) is 11.7 Å². The summed E-state index contributed by atoms with van der Waals surface area (Å²) in [7, 11) is 1.46. The Morgan fingerprint density at radius 2 is 2.07 bits per heavy atom. The number of anilines is 1. The van der Waals surface area contributed by atoms with Gasteiger partial charge in [0.05, 0.1) is 17.7 Å². The molecule has 1 aliphatic heterocycles. The Bertz CT molecular complexity index is 992. The minimum Gasteiger partial charge on any atom is -0.493 e. The topological polar surface area (TPSA) is 76.1 Å². The number of halogens is 1. The Morgan fingerprint density at radius 1 is 1.32 bits per heavy atom. The van der Waals surface area contributed by atoms with Gasteiger partial charge in [0.15, 0.2) is 22.4 Å². The van der Waals surface area contributed by atoms with Gasteiger partial charge >= 0.3 is 5.97 Å². The molecule has 144 valence electrons. The predicted octanol–water partition coefficient (Wildman–Crippen LogP) is 4.33. The smallest absolute Gasteiger partial charge is 0.341 e. The van der Waals surface area contributed by atoms with E-state index in [1.54, 1.807) is 36.4 Å². The van der Waals surface area contributed by atoms with Crippen molar-refractivity contribution in [2.45, 2.75) is 0 Å². The largest absolute Gasteiger partial charge is 0.493 e. The van der Waals surface area contributed by atoms with Crippen LogP contribution >= 0.6 is 39.9 Å². The summed E-state index contributed by atoms with van der Waals surface area (Å²) < 4.78 is 11.9. The average Bonchev–Trinajstić information content (AvgIpc) is 2.93. The van der Waals surface area contributed by atoms with Crippen molar-refractivity contribution in [3.8, 4) is 11.5 Å². The Balaban J connectivity index is 1.97. The quantitative estimate of drug-likeness (QED) is 0.487. The summed E-state index contributed by atoms with van der Waals surface area (Å²) >= 11 is 9.94. The summed E-state index contributed by atoms with van der Waals surface area (Å²) in [6, 6.07) is 12.4. The van der Waals surface area contributed by atoms with Crippen LogP contribution < -0.4 is 14.4 Å². The Hall–Kier alpha value is -2.36. The first-order valence-electron chi connectivity index (χ1n) is 7.96. The number of amides is 1. The average molecular weight is 480 g/mol. The van der Waals surface area contributed by atoms with Crippen LogP contribution in [0.1, 0.15) is 5.56 Å². The number of methoxy groups -OCH3 is 1. The molecule has 0 spiro atoms. The molecule has 1 fully saturated rings. The summed E-state index contributed by atoms with van der Waals surface area (Å²) in [4.78, 5) is 25.7. The molecule has 0 saturated carbocycles. The number of thioether (sulfide) groups is 1. The molecule has 2 aromatic rings. The molecule has 0 unspecified atom stereocenters. The molecule has 0 bridgehead atoms. The van der Waals surface area contributed by atoms with Crippen LogP contribution in [-0.4, -0.2) is 35.0 Å². The molecule has 1 aliphatic rings. The Morgan fingerprint density at radius 3 is 2.75 bits per heavy atom. The zero-order valence-corrected chi connectivity index (χ0v) is 17.8. The van der Waals surface area contributed by atoms with Gasteiger partial charge in [-0.05, 0) is 30.3 Å².